The quantitative estimate of drug-likeness (QED) is 0.626. The Morgan fingerprint density at radius 2 is 1.83 bits per heavy atom. The fourth-order valence-electron chi connectivity index (χ4n) is 1.60. The minimum absolute atomic E-state index is 0. The molecule has 63 valence electrons. The smallest absolute Gasteiger partial charge is 0.807 e. The van der Waals surface area contributed by atoms with E-state index in [0.29, 0.717) is 5.71 Å². The van der Waals surface area contributed by atoms with E-state index >= 15 is 0 Å². The normalized spacial score (nSPS) is 14.8. The zero-order valence-electron chi connectivity index (χ0n) is 6.73. The molecule has 2 rings (SSSR count). The van der Waals surface area contributed by atoms with Crippen molar-refractivity contribution in [2.45, 2.75) is 19.3 Å². The minimum atomic E-state index is 0. The van der Waals surface area contributed by atoms with Gasteiger partial charge >= 0.3 is 19.5 Å². The molecule has 1 aromatic rings. The Bertz CT molecular complexity index is 294. The Balaban J connectivity index is 0.000000720. The molecule has 0 saturated carbocycles. The Hall–Kier alpha value is -0.487. The zero-order valence-corrected chi connectivity index (χ0v) is 8.47. The number of aryl methyl sites for hydroxylation is 1. The van der Waals surface area contributed by atoms with Crippen molar-refractivity contribution in [1.82, 2.24) is 0 Å². The molecule has 0 unspecified atom stereocenters. The fourth-order valence-corrected chi connectivity index (χ4v) is 1.60. The molecule has 1 nitrogen and oxygen atoms in total. The number of fused-ring (bicyclic) bond motifs is 1. The van der Waals surface area contributed by atoms with Crippen LogP contribution in [0.1, 0.15) is 24.0 Å². The number of hydrogen-bond donors (Lipinski definition) is 0. The molecule has 2 heteroatoms. The largest absolute Gasteiger partial charge is 1.00 e. The third-order valence-electron chi connectivity index (χ3n) is 2.19. The average molecular weight is 245 g/mol. The van der Waals surface area contributed by atoms with Crippen LogP contribution in [0.25, 0.3) is 5.41 Å². The first-order valence-corrected chi connectivity index (χ1v) is 4.01. The van der Waals surface area contributed by atoms with Crippen LogP contribution in [0.4, 0.5) is 0 Å². The second kappa shape index (κ2) is 3.95. The first kappa shape index (κ1) is 9.60. The van der Waals surface area contributed by atoms with Crippen molar-refractivity contribution in [1.29, 1.82) is 0 Å². The van der Waals surface area contributed by atoms with Crippen LogP contribution in [0.15, 0.2) is 24.3 Å². The molecule has 12 heavy (non-hydrogen) atoms. The Kier molecular flexibility index (Phi) is 3.16. The van der Waals surface area contributed by atoms with Crippen LogP contribution in [0, 0.1) is 0 Å². The maximum Gasteiger partial charge on any atom is 1.00 e. The summed E-state index contributed by atoms with van der Waals surface area (Å²) in [5.74, 6) is 0. The second-order valence-electron chi connectivity index (χ2n) is 2.96. The van der Waals surface area contributed by atoms with Gasteiger partial charge in [-0.25, -0.2) is 0 Å². The molecule has 1 aromatic carbocycles. The van der Waals surface area contributed by atoms with Gasteiger partial charge in [0.15, 0.2) is 0 Å². The summed E-state index contributed by atoms with van der Waals surface area (Å²) in [4.78, 5) is 0. The predicted molar refractivity (Wildman–Crippen MR) is 46.8 cm³/mol. The maximum absolute atomic E-state index is 9.48. The number of nitrogens with zero attached hydrogens (tertiary/aromatic N) is 1. The van der Waals surface area contributed by atoms with Gasteiger partial charge in [-0.3, -0.25) is 0 Å². The first-order chi connectivity index (χ1) is 5.38. The van der Waals surface area contributed by atoms with Crippen molar-refractivity contribution in [3.8, 4) is 0 Å². The van der Waals surface area contributed by atoms with Crippen molar-refractivity contribution in [3.63, 3.8) is 0 Å². The van der Waals surface area contributed by atoms with E-state index in [9.17, 15) is 5.41 Å². The van der Waals surface area contributed by atoms with Crippen LogP contribution in [0.3, 0.4) is 0 Å². The number of hydrogen-bond acceptors (Lipinski definition) is 0. The molecule has 0 heterocycles. The van der Waals surface area contributed by atoms with E-state index in [4.69, 9.17) is 0 Å². The molecular formula is C10H10NRu. The second-order valence-corrected chi connectivity index (χ2v) is 2.96. The predicted octanol–water partition coefficient (Wildman–Crippen LogP) is 2.38. The summed E-state index contributed by atoms with van der Waals surface area (Å²) in [5.41, 5.74) is 2.90. The van der Waals surface area contributed by atoms with Crippen LogP contribution in [-0.4, -0.2) is 5.71 Å². The zero-order chi connectivity index (χ0) is 7.68. The maximum atomic E-state index is 9.48. The molecule has 0 aliphatic heterocycles. The van der Waals surface area contributed by atoms with E-state index in [-0.39, 0.29) is 19.5 Å². The van der Waals surface area contributed by atoms with Crippen molar-refractivity contribution in [3.05, 3.63) is 40.8 Å². The van der Waals surface area contributed by atoms with Gasteiger partial charge in [-0.15, -0.1) is 0 Å². The van der Waals surface area contributed by atoms with Gasteiger partial charge in [0.1, 0.15) is 0 Å². The molecule has 0 aromatic heterocycles. The van der Waals surface area contributed by atoms with Gasteiger partial charge in [-0.2, -0.15) is 5.71 Å². The third-order valence-corrected chi connectivity index (χ3v) is 2.19. The van der Waals surface area contributed by atoms with Crippen LogP contribution >= 0.6 is 0 Å². The summed E-state index contributed by atoms with van der Waals surface area (Å²) in [6.45, 7) is 0. The molecule has 0 bridgehead atoms. The van der Waals surface area contributed by atoms with Crippen molar-refractivity contribution >= 4 is 5.71 Å². The Morgan fingerprint density at radius 1 is 1.08 bits per heavy atom. The van der Waals surface area contributed by atoms with Gasteiger partial charge in [-0.05, 0) is 30.4 Å². The van der Waals surface area contributed by atoms with Gasteiger partial charge in [0, 0.05) is 0 Å². The van der Waals surface area contributed by atoms with E-state index in [0.717, 1.165) is 24.8 Å². The standard InChI is InChI=1S/C10H10N.Ru/c11-10-7-3-5-8-4-1-2-6-9(8)10;/h1-2,4,6H,3,5,7H2;/q-1;+1. The molecule has 0 saturated heterocycles. The molecular weight excluding hydrogens is 235 g/mol. The van der Waals surface area contributed by atoms with E-state index in [1.54, 1.807) is 0 Å². The number of rotatable bonds is 0. The summed E-state index contributed by atoms with van der Waals surface area (Å²) in [7, 11) is 0. The Labute approximate surface area is 85.5 Å². The summed E-state index contributed by atoms with van der Waals surface area (Å²) in [6.07, 6.45) is 3.04. The van der Waals surface area contributed by atoms with Crippen LogP contribution in [0.2, 0.25) is 0 Å². The summed E-state index contributed by atoms with van der Waals surface area (Å²) >= 11 is 0. The van der Waals surface area contributed by atoms with E-state index in [1.165, 1.54) is 5.56 Å². The summed E-state index contributed by atoms with van der Waals surface area (Å²) < 4.78 is 0. The van der Waals surface area contributed by atoms with Gasteiger partial charge in [0.2, 0.25) is 0 Å². The molecule has 0 spiro atoms. The van der Waals surface area contributed by atoms with Crippen LogP contribution in [-0.2, 0) is 25.9 Å². The molecule has 1 aliphatic rings. The topological polar surface area (TPSA) is 22.3 Å². The summed E-state index contributed by atoms with van der Waals surface area (Å²) in [6, 6.07) is 8.08. The van der Waals surface area contributed by atoms with Crippen LogP contribution in [0.5, 0.6) is 0 Å². The number of benzene rings is 1. The average Bonchev–Trinajstić information content (AvgIpc) is 2.06. The van der Waals surface area contributed by atoms with E-state index in [1.807, 2.05) is 18.2 Å². The third kappa shape index (κ3) is 1.64. The van der Waals surface area contributed by atoms with Gasteiger partial charge in [0.25, 0.3) is 0 Å². The van der Waals surface area contributed by atoms with Gasteiger partial charge in [-0.1, -0.05) is 24.3 Å². The monoisotopic (exact) mass is 246 g/mol. The van der Waals surface area contributed by atoms with Crippen molar-refractivity contribution < 1.29 is 19.5 Å². The van der Waals surface area contributed by atoms with Crippen molar-refractivity contribution in [2.24, 2.45) is 0 Å². The van der Waals surface area contributed by atoms with E-state index < -0.39 is 0 Å². The van der Waals surface area contributed by atoms with Gasteiger partial charge < -0.3 is 5.41 Å². The Morgan fingerprint density at radius 3 is 2.58 bits per heavy atom. The van der Waals surface area contributed by atoms with Gasteiger partial charge in [0.05, 0.1) is 0 Å². The minimum Gasteiger partial charge on any atom is -0.807 e. The molecule has 1 radical (unpaired) electrons. The molecule has 0 N–H and O–H groups in total. The first-order valence-electron chi connectivity index (χ1n) is 4.01. The molecule has 1 aliphatic carbocycles. The summed E-state index contributed by atoms with van der Waals surface area (Å²) in [5, 5.41) is 9.48. The fraction of sp³-hybridized carbons (Fsp3) is 0.300. The van der Waals surface area contributed by atoms with Crippen LogP contribution < -0.4 is 0 Å². The SMILES string of the molecule is [N-]=C1CCCc2ccccc21.[Ru+]. The molecule has 0 atom stereocenters. The van der Waals surface area contributed by atoms with E-state index in [2.05, 4.69) is 6.07 Å². The molecule has 0 amide bonds. The van der Waals surface area contributed by atoms with Crippen molar-refractivity contribution in [2.75, 3.05) is 0 Å². The molecule has 0 fully saturated rings.